The number of ketones is 1. The lowest BCUT2D eigenvalue weighted by molar-refractivity contribution is 0.1000. The highest BCUT2D eigenvalue weighted by Gasteiger charge is 2.22. The molecule has 0 radical (unpaired) electrons. The van der Waals surface area contributed by atoms with Crippen molar-refractivity contribution in [2.24, 2.45) is 0 Å². The molecule has 0 bridgehead atoms. The maximum Gasteiger partial charge on any atom is 0.234 e. The molecular formula is C11H4Br2F2O2. The van der Waals surface area contributed by atoms with Crippen LogP contribution in [0.15, 0.2) is 37.8 Å². The van der Waals surface area contributed by atoms with Crippen LogP contribution in [0.1, 0.15) is 16.1 Å². The molecule has 1 aromatic carbocycles. The molecule has 2 aromatic rings. The van der Waals surface area contributed by atoms with E-state index >= 15 is 0 Å². The van der Waals surface area contributed by atoms with Crippen LogP contribution in [0.5, 0.6) is 0 Å². The smallest absolute Gasteiger partial charge is 0.234 e. The number of furan rings is 1. The molecule has 0 saturated carbocycles. The molecule has 1 aromatic heterocycles. The minimum absolute atomic E-state index is 0.128. The number of carbonyl (C=O) groups excluding carboxylic acids is 1. The van der Waals surface area contributed by atoms with Crippen molar-refractivity contribution in [3.05, 3.63) is 56.4 Å². The molecule has 0 aliphatic heterocycles. The summed E-state index contributed by atoms with van der Waals surface area (Å²) in [5, 5.41) is 0. The van der Waals surface area contributed by atoms with E-state index in [-0.39, 0.29) is 10.2 Å². The van der Waals surface area contributed by atoms with Gasteiger partial charge in [-0.2, -0.15) is 0 Å². The lowest BCUT2D eigenvalue weighted by atomic mass is 10.1. The van der Waals surface area contributed by atoms with Gasteiger partial charge in [0, 0.05) is 4.47 Å². The van der Waals surface area contributed by atoms with Gasteiger partial charge in [-0.25, -0.2) is 8.78 Å². The van der Waals surface area contributed by atoms with Gasteiger partial charge in [0.05, 0.1) is 5.56 Å². The summed E-state index contributed by atoms with van der Waals surface area (Å²) in [7, 11) is 0. The van der Waals surface area contributed by atoms with Crippen molar-refractivity contribution >= 4 is 37.6 Å². The van der Waals surface area contributed by atoms with Crippen molar-refractivity contribution in [1.29, 1.82) is 0 Å². The summed E-state index contributed by atoms with van der Waals surface area (Å²) in [5.74, 6) is -2.83. The van der Waals surface area contributed by atoms with E-state index in [1.807, 2.05) is 0 Å². The average molecular weight is 366 g/mol. The Morgan fingerprint density at radius 3 is 2.18 bits per heavy atom. The second-order valence-electron chi connectivity index (χ2n) is 3.18. The molecule has 0 N–H and O–H groups in total. The van der Waals surface area contributed by atoms with Crippen LogP contribution in [0.2, 0.25) is 0 Å². The summed E-state index contributed by atoms with van der Waals surface area (Å²) in [6.07, 6.45) is 0. The van der Waals surface area contributed by atoms with Crippen molar-refractivity contribution < 1.29 is 18.0 Å². The zero-order chi connectivity index (χ0) is 12.6. The first-order chi connectivity index (χ1) is 7.99. The minimum Gasteiger partial charge on any atom is -0.446 e. The molecule has 0 aliphatic carbocycles. The van der Waals surface area contributed by atoms with Gasteiger partial charge in [0.25, 0.3) is 0 Å². The lowest BCUT2D eigenvalue weighted by Crippen LogP contribution is -2.06. The second kappa shape index (κ2) is 4.70. The van der Waals surface area contributed by atoms with E-state index in [0.717, 1.165) is 12.1 Å². The molecule has 88 valence electrons. The number of hydrogen-bond acceptors (Lipinski definition) is 2. The largest absolute Gasteiger partial charge is 0.446 e. The van der Waals surface area contributed by atoms with Crippen LogP contribution in [0.4, 0.5) is 8.78 Å². The van der Waals surface area contributed by atoms with E-state index in [1.54, 1.807) is 0 Å². The predicted molar refractivity (Wildman–Crippen MR) is 63.9 cm³/mol. The molecule has 2 rings (SSSR count). The van der Waals surface area contributed by atoms with Gasteiger partial charge in [0.15, 0.2) is 10.4 Å². The molecular weight excluding hydrogens is 362 g/mol. The highest BCUT2D eigenvalue weighted by atomic mass is 79.9. The Balaban J connectivity index is 2.51. The van der Waals surface area contributed by atoms with Crippen LogP contribution in [-0.4, -0.2) is 5.78 Å². The van der Waals surface area contributed by atoms with Gasteiger partial charge >= 0.3 is 0 Å². The van der Waals surface area contributed by atoms with Gasteiger partial charge in [-0.1, -0.05) is 15.9 Å². The zero-order valence-corrected chi connectivity index (χ0v) is 11.3. The monoisotopic (exact) mass is 364 g/mol. The highest BCUT2D eigenvalue weighted by Crippen LogP contribution is 2.24. The number of benzene rings is 1. The third kappa shape index (κ3) is 2.47. The Morgan fingerprint density at radius 2 is 1.71 bits per heavy atom. The Labute approximate surface area is 112 Å². The number of hydrogen-bond donors (Lipinski definition) is 0. The normalized spacial score (nSPS) is 10.6. The molecule has 0 fully saturated rings. The third-order valence-electron chi connectivity index (χ3n) is 2.03. The van der Waals surface area contributed by atoms with E-state index in [2.05, 4.69) is 31.9 Å². The van der Waals surface area contributed by atoms with Crippen molar-refractivity contribution in [2.75, 3.05) is 0 Å². The van der Waals surface area contributed by atoms with Crippen molar-refractivity contribution in [1.82, 2.24) is 0 Å². The molecule has 0 spiro atoms. The van der Waals surface area contributed by atoms with E-state index in [1.165, 1.54) is 12.1 Å². The summed E-state index contributed by atoms with van der Waals surface area (Å²) in [5.41, 5.74) is -0.630. The van der Waals surface area contributed by atoms with E-state index < -0.39 is 23.0 Å². The van der Waals surface area contributed by atoms with Crippen LogP contribution in [0.3, 0.4) is 0 Å². The van der Waals surface area contributed by atoms with Gasteiger partial charge in [0.2, 0.25) is 5.78 Å². The minimum atomic E-state index is -0.936. The summed E-state index contributed by atoms with van der Waals surface area (Å²) in [6.45, 7) is 0. The Morgan fingerprint density at radius 1 is 1.12 bits per heavy atom. The number of carbonyl (C=O) groups is 1. The molecule has 0 amide bonds. The predicted octanol–water partition coefficient (Wildman–Crippen LogP) is 4.31. The molecule has 0 saturated heterocycles. The van der Waals surface area contributed by atoms with Gasteiger partial charge in [-0.05, 0) is 40.2 Å². The Bertz CT molecular complexity index is 570. The first-order valence-electron chi connectivity index (χ1n) is 4.43. The summed E-state index contributed by atoms with van der Waals surface area (Å²) in [6, 6.07) is 4.86. The Hall–Kier alpha value is -1.01. The lowest BCUT2D eigenvalue weighted by Gasteiger charge is -2.02. The van der Waals surface area contributed by atoms with Crippen LogP contribution in [0, 0.1) is 11.6 Å². The maximum atomic E-state index is 13.5. The molecule has 6 heteroatoms. The quantitative estimate of drug-likeness (QED) is 0.742. The van der Waals surface area contributed by atoms with E-state index in [4.69, 9.17) is 4.42 Å². The second-order valence-corrected chi connectivity index (χ2v) is 4.87. The topological polar surface area (TPSA) is 30.2 Å². The highest BCUT2D eigenvalue weighted by molar-refractivity contribution is 9.10. The van der Waals surface area contributed by atoms with Crippen molar-refractivity contribution in [2.45, 2.75) is 0 Å². The standard InChI is InChI=1S/C11H4Br2F2O2/c12-5-3-6(14)10(7(15)4-5)11(16)8-1-2-9(13)17-8/h1-4H. The Kier molecular flexibility index (Phi) is 3.44. The van der Waals surface area contributed by atoms with Gasteiger partial charge in [0.1, 0.15) is 11.6 Å². The SMILES string of the molecule is O=C(c1ccc(Br)o1)c1c(F)cc(Br)cc1F. The molecule has 17 heavy (non-hydrogen) atoms. The van der Waals surface area contributed by atoms with Crippen molar-refractivity contribution in [3.8, 4) is 0 Å². The fraction of sp³-hybridized carbons (Fsp3) is 0. The molecule has 0 aliphatic rings. The molecule has 1 heterocycles. The van der Waals surface area contributed by atoms with E-state index in [9.17, 15) is 13.6 Å². The van der Waals surface area contributed by atoms with Crippen LogP contribution >= 0.6 is 31.9 Å². The van der Waals surface area contributed by atoms with E-state index in [0.29, 0.717) is 4.67 Å². The fourth-order valence-electron chi connectivity index (χ4n) is 1.32. The third-order valence-corrected chi connectivity index (χ3v) is 2.91. The van der Waals surface area contributed by atoms with Gasteiger partial charge < -0.3 is 4.42 Å². The summed E-state index contributed by atoms with van der Waals surface area (Å²) in [4.78, 5) is 11.8. The first kappa shape index (κ1) is 12.4. The van der Waals surface area contributed by atoms with Crippen molar-refractivity contribution in [3.63, 3.8) is 0 Å². The average Bonchev–Trinajstić information content (AvgIpc) is 2.63. The van der Waals surface area contributed by atoms with Gasteiger partial charge in [-0.3, -0.25) is 4.79 Å². The molecule has 2 nitrogen and oxygen atoms in total. The summed E-state index contributed by atoms with van der Waals surface area (Å²) < 4.78 is 32.5. The number of halogens is 4. The van der Waals surface area contributed by atoms with Crippen LogP contribution in [-0.2, 0) is 0 Å². The first-order valence-corrected chi connectivity index (χ1v) is 6.02. The molecule has 0 atom stereocenters. The van der Waals surface area contributed by atoms with Gasteiger partial charge in [-0.15, -0.1) is 0 Å². The zero-order valence-electron chi connectivity index (χ0n) is 8.14. The number of rotatable bonds is 2. The van der Waals surface area contributed by atoms with Crippen LogP contribution in [0.25, 0.3) is 0 Å². The molecule has 0 unspecified atom stereocenters. The fourth-order valence-corrected chi connectivity index (χ4v) is 2.03. The van der Waals surface area contributed by atoms with Crippen LogP contribution < -0.4 is 0 Å². The summed E-state index contributed by atoms with van der Waals surface area (Å²) >= 11 is 5.94. The maximum absolute atomic E-state index is 13.5.